The Balaban J connectivity index is 3.21. The van der Waals surface area contributed by atoms with Gasteiger partial charge in [0.05, 0.1) is 0 Å². The van der Waals surface area contributed by atoms with E-state index < -0.39 is 12.0 Å². The van der Waals surface area contributed by atoms with Crippen molar-refractivity contribution in [2.24, 2.45) is 11.5 Å². The number of nitrogens with two attached hydrogens (primary N) is 2. The number of hydrogen-bond donors (Lipinski definition) is 4. The second kappa shape index (κ2) is 5.16. The molecule has 5 nitrogen and oxygen atoms in total. The first-order valence-corrected chi connectivity index (χ1v) is 3.06. The van der Waals surface area contributed by atoms with Gasteiger partial charge in [-0.3, -0.25) is 4.79 Å². The SMILES string of the molecule is NCCNCC(O)C(N)=O. The van der Waals surface area contributed by atoms with Gasteiger partial charge in [0.15, 0.2) is 0 Å². The standard InChI is InChI=1S/C5H13N3O2/c6-1-2-8-3-4(9)5(7)10/h4,8-9H,1-3,6H2,(H2,7,10). The van der Waals surface area contributed by atoms with Crippen molar-refractivity contribution < 1.29 is 9.90 Å². The summed E-state index contributed by atoms with van der Waals surface area (Å²) in [6.45, 7) is 1.22. The molecule has 0 spiro atoms. The number of carbonyl (C=O) groups excluding carboxylic acids is 1. The number of rotatable bonds is 5. The van der Waals surface area contributed by atoms with Crippen molar-refractivity contribution in [3.63, 3.8) is 0 Å². The van der Waals surface area contributed by atoms with Crippen molar-refractivity contribution in [1.29, 1.82) is 0 Å². The number of amides is 1. The van der Waals surface area contributed by atoms with Gasteiger partial charge < -0.3 is 21.9 Å². The van der Waals surface area contributed by atoms with Crippen LogP contribution in [0.4, 0.5) is 0 Å². The average Bonchev–Trinajstić information content (AvgIpc) is 1.88. The molecule has 0 heterocycles. The first-order chi connectivity index (χ1) is 4.68. The predicted octanol–water partition coefficient (Wildman–Crippen LogP) is -2.62. The molecule has 10 heavy (non-hydrogen) atoms. The molecule has 0 rings (SSSR count). The molecule has 60 valence electrons. The molecule has 0 radical (unpaired) electrons. The van der Waals surface area contributed by atoms with Crippen LogP contribution < -0.4 is 16.8 Å². The van der Waals surface area contributed by atoms with E-state index in [9.17, 15) is 4.79 Å². The smallest absolute Gasteiger partial charge is 0.247 e. The summed E-state index contributed by atoms with van der Waals surface area (Å²) >= 11 is 0. The Morgan fingerprint density at radius 3 is 2.70 bits per heavy atom. The van der Waals surface area contributed by atoms with Crippen LogP contribution in [0.15, 0.2) is 0 Å². The van der Waals surface area contributed by atoms with Crippen molar-refractivity contribution >= 4 is 5.91 Å². The maximum atomic E-state index is 10.2. The fraction of sp³-hybridized carbons (Fsp3) is 0.800. The van der Waals surface area contributed by atoms with Gasteiger partial charge in [-0.15, -0.1) is 0 Å². The van der Waals surface area contributed by atoms with E-state index in [0.29, 0.717) is 13.1 Å². The van der Waals surface area contributed by atoms with E-state index in [-0.39, 0.29) is 6.54 Å². The highest BCUT2D eigenvalue weighted by Crippen LogP contribution is 1.75. The Hall–Kier alpha value is -0.650. The third-order valence-corrected chi connectivity index (χ3v) is 0.987. The summed E-state index contributed by atoms with van der Waals surface area (Å²) in [5.41, 5.74) is 9.89. The zero-order valence-corrected chi connectivity index (χ0v) is 5.71. The molecule has 0 aromatic heterocycles. The van der Waals surface area contributed by atoms with Gasteiger partial charge in [0.2, 0.25) is 5.91 Å². The molecule has 6 N–H and O–H groups in total. The number of carbonyl (C=O) groups is 1. The Morgan fingerprint density at radius 2 is 2.30 bits per heavy atom. The summed E-state index contributed by atoms with van der Waals surface area (Å²) in [4.78, 5) is 10.2. The highest BCUT2D eigenvalue weighted by Gasteiger charge is 2.08. The predicted molar refractivity (Wildman–Crippen MR) is 37.1 cm³/mol. The minimum absolute atomic E-state index is 0.173. The molecule has 0 saturated heterocycles. The molecule has 0 aliphatic rings. The second-order valence-corrected chi connectivity index (χ2v) is 1.91. The van der Waals surface area contributed by atoms with Gasteiger partial charge >= 0.3 is 0 Å². The average molecular weight is 147 g/mol. The van der Waals surface area contributed by atoms with Gasteiger partial charge in [-0.1, -0.05) is 0 Å². The monoisotopic (exact) mass is 147 g/mol. The number of aliphatic hydroxyl groups excluding tert-OH is 1. The molecule has 5 heteroatoms. The largest absolute Gasteiger partial charge is 0.382 e. The molecular weight excluding hydrogens is 134 g/mol. The van der Waals surface area contributed by atoms with Crippen molar-refractivity contribution in [2.45, 2.75) is 6.10 Å². The van der Waals surface area contributed by atoms with E-state index in [1.807, 2.05) is 0 Å². The first kappa shape index (κ1) is 9.35. The maximum Gasteiger partial charge on any atom is 0.247 e. The zero-order chi connectivity index (χ0) is 7.98. The van der Waals surface area contributed by atoms with E-state index >= 15 is 0 Å². The van der Waals surface area contributed by atoms with E-state index in [1.165, 1.54) is 0 Å². The number of hydrogen-bond acceptors (Lipinski definition) is 4. The van der Waals surface area contributed by atoms with Gasteiger partial charge in [-0.25, -0.2) is 0 Å². The number of aliphatic hydroxyl groups is 1. The molecule has 0 aromatic rings. The highest BCUT2D eigenvalue weighted by atomic mass is 16.3. The van der Waals surface area contributed by atoms with Crippen LogP contribution in [0.25, 0.3) is 0 Å². The lowest BCUT2D eigenvalue weighted by molar-refractivity contribution is -0.125. The van der Waals surface area contributed by atoms with Crippen LogP contribution in [0.3, 0.4) is 0 Å². The van der Waals surface area contributed by atoms with Crippen LogP contribution in [0, 0.1) is 0 Å². The van der Waals surface area contributed by atoms with Crippen LogP contribution in [-0.2, 0) is 4.79 Å². The van der Waals surface area contributed by atoms with Crippen molar-refractivity contribution in [2.75, 3.05) is 19.6 Å². The zero-order valence-electron chi connectivity index (χ0n) is 5.71. The van der Waals surface area contributed by atoms with Crippen LogP contribution in [-0.4, -0.2) is 36.8 Å². The molecule has 0 saturated carbocycles. The maximum absolute atomic E-state index is 10.2. The lowest BCUT2D eigenvalue weighted by Gasteiger charge is -2.05. The summed E-state index contributed by atoms with van der Waals surface area (Å²) in [7, 11) is 0. The Kier molecular flexibility index (Phi) is 4.82. The summed E-state index contributed by atoms with van der Waals surface area (Å²) in [6, 6.07) is 0. The molecule has 1 amide bonds. The molecule has 1 unspecified atom stereocenters. The molecule has 0 aliphatic carbocycles. The minimum atomic E-state index is -1.11. The van der Waals surface area contributed by atoms with Crippen molar-refractivity contribution in [3.05, 3.63) is 0 Å². The van der Waals surface area contributed by atoms with E-state index in [4.69, 9.17) is 16.6 Å². The second-order valence-electron chi connectivity index (χ2n) is 1.91. The van der Waals surface area contributed by atoms with Gasteiger partial charge in [-0.05, 0) is 0 Å². The summed E-state index contributed by atoms with van der Waals surface area (Å²) in [6.07, 6.45) is -1.11. The third-order valence-electron chi connectivity index (χ3n) is 0.987. The van der Waals surface area contributed by atoms with Gasteiger partial charge in [0.1, 0.15) is 6.10 Å². The molecule has 0 bridgehead atoms. The fourth-order valence-corrected chi connectivity index (χ4v) is 0.441. The van der Waals surface area contributed by atoms with E-state index in [2.05, 4.69) is 5.32 Å². The first-order valence-electron chi connectivity index (χ1n) is 3.06. The lowest BCUT2D eigenvalue weighted by Crippen LogP contribution is -2.39. The molecular formula is C5H13N3O2. The van der Waals surface area contributed by atoms with E-state index in [0.717, 1.165) is 0 Å². The fourth-order valence-electron chi connectivity index (χ4n) is 0.441. The topological polar surface area (TPSA) is 101 Å². The Bertz CT molecular complexity index is 107. The van der Waals surface area contributed by atoms with Crippen LogP contribution in [0.1, 0.15) is 0 Å². The summed E-state index contributed by atoms with van der Waals surface area (Å²) in [5, 5.41) is 11.5. The third kappa shape index (κ3) is 4.25. The highest BCUT2D eigenvalue weighted by molar-refractivity contribution is 5.78. The van der Waals surface area contributed by atoms with Gasteiger partial charge in [0, 0.05) is 19.6 Å². The lowest BCUT2D eigenvalue weighted by atomic mass is 10.3. The van der Waals surface area contributed by atoms with Gasteiger partial charge in [0.25, 0.3) is 0 Å². The minimum Gasteiger partial charge on any atom is -0.382 e. The normalized spacial score (nSPS) is 13.0. The Morgan fingerprint density at radius 1 is 1.70 bits per heavy atom. The Labute approximate surface area is 59.4 Å². The molecule has 1 atom stereocenters. The molecule has 0 aliphatic heterocycles. The molecule has 0 fully saturated rings. The van der Waals surface area contributed by atoms with Crippen LogP contribution >= 0.6 is 0 Å². The van der Waals surface area contributed by atoms with E-state index in [1.54, 1.807) is 0 Å². The quantitative estimate of drug-likeness (QED) is 0.320. The summed E-state index contributed by atoms with van der Waals surface area (Å²) < 4.78 is 0. The molecule has 0 aromatic carbocycles. The van der Waals surface area contributed by atoms with Crippen molar-refractivity contribution in [3.8, 4) is 0 Å². The van der Waals surface area contributed by atoms with Crippen LogP contribution in [0.2, 0.25) is 0 Å². The number of primary amides is 1. The van der Waals surface area contributed by atoms with Gasteiger partial charge in [-0.2, -0.15) is 0 Å². The van der Waals surface area contributed by atoms with Crippen molar-refractivity contribution in [1.82, 2.24) is 5.32 Å². The van der Waals surface area contributed by atoms with Crippen LogP contribution in [0.5, 0.6) is 0 Å². The summed E-state index contributed by atoms with van der Waals surface area (Å²) in [5.74, 6) is -0.718. The number of nitrogens with one attached hydrogen (secondary N) is 1.